The second kappa shape index (κ2) is 7.13. The quantitative estimate of drug-likeness (QED) is 0.734. The number of carboxylic acids is 1. The van der Waals surface area contributed by atoms with Gasteiger partial charge < -0.3 is 10.4 Å². The molecule has 0 heterocycles. The van der Waals surface area contributed by atoms with Gasteiger partial charge in [0, 0.05) is 13.0 Å². The number of nitrogens with one attached hydrogen (secondary N) is 1. The molecule has 0 saturated heterocycles. The predicted octanol–water partition coefficient (Wildman–Crippen LogP) is 3.29. The molecule has 1 aliphatic rings. The standard InChI is InChI=1S/C15H29NO2/c1-12(9-14(17)18)10-16-11-15(2,3)13-7-5-4-6-8-13/h12-13,16H,4-11H2,1-3H3,(H,17,18). The number of carboxylic acid groups (broad SMARTS) is 1. The highest BCUT2D eigenvalue weighted by molar-refractivity contribution is 5.66. The van der Waals surface area contributed by atoms with Gasteiger partial charge >= 0.3 is 5.97 Å². The van der Waals surface area contributed by atoms with E-state index in [4.69, 9.17) is 5.11 Å². The van der Waals surface area contributed by atoms with Gasteiger partial charge in [-0.1, -0.05) is 40.0 Å². The Labute approximate surface area is 111 Å². The average Bonchev–Trinajstić information content (AvgIpc) is 2.29. The zero-order chi connectivity index (χ0) is 13.6. The summed E-state index contributed by atoms with van der Waals surface area (Å²) in [5, 5.41) is 12.2. The number of hydrogen-bond donors (Lipinski definition) is 2. The van der Waals surface area contributed by atoms with E-state index in [1.165, 1.54) is 32.1 Å². The van der Waals surface area contributed by atoms with Gasteiger partial charge in [0.2, 0.25) is 0 Å². The molecule has 0 spiro atoms. The van der Waals surface area contributed by atoms with Crippen molar-refractivity contribution in [3.63, 3.8) is 0 Å². The van der Waals surface area contributed by atoms with E-state index in [2.05, 4.69) is 19.2 Å². The number of carbonyl (C=O) groups is 1. The Kier molecular flexibility index (Phi) is 6.13. The zero-order valence-corrected chi connectivity index (χ0v) is 12.2. The first-order chi connectivity index (χ1) is 8.42. The van der Waals surface area contributed by atoms with Crippen LogP contribution in [0.4, 0.5) is 0 Å². The van der Waals surface area contributed by atoms with E-state index in [0.717, 1.165) is 19.0 Å². The minimum atomic E-state index is -0.698. The van der Waals surface area contributed by atoms with Crippen LogP contribution in [-0.2, 0) is 4.79 Å². The summed E-state index contributed by atoms with van der Waals surface area (Å²) in [4.78, 5) is 10.6. The predicted molar refractivity (Wildman–Crippen MR) is 74.6 cm³/mol. The molecular weight excluding hydrogens is 226 g/mol. The van der Waals surface area contributed by atoms with Gasteiger partial charge in [-0.2, -0.15) is 0 Å². The van der Waals surface area contributed by atoms with Crippen molar-refractivity contribution in [1.82, 2.24) is 5.32 Å². The fraction of sp³-hybridized carbons (Fsp3) is 0.933. The maximum absolute atomic E-state index is 10.6. The molecular formula is C15H29NO2. The summed E-state index contributed by atoms with van der Waals surface area (Å²) in [6.07, 6.45) is 7.14. The first-order valence-electron chi connectivity index (χ1n) is 7.34. The molecule has 1 fully saturated rings. The van der Waals surface area contributed by atoms with Crippen molar-refractivity contribution in [2.75, 3.05) is 13.1 Å². The van der Waals surface area contributed by atoms with Crippen molar-refractivity contribution in [2.24, 2.45) is 17.3 Å². The zero-order valence-electron chi connectivity index (χ0n) is 12.2. The highest BCUT2D eigenvalue weighted by Crippen LogP contribution is 2.37. The summed E-state index contributed by atoms with van der Waals surface area (Å²) in [7, 11) is 0. The minimum absolute atomic E-state index is 0.213. The van der Waals surface area contributed by atoms with Crippen LogP contribution in [0.3, 0.4) is 0 Å². The molecule has 106 valence electrons. The van der Waals surface area contributed by atoms with E-state index in [1.807, 2.05) is 6.92 Å². The Morgan fingerprint density at radius 3 is 2.50 bits per heavy atom. The van der Waals surface area contributed by atoms with Crippen molar-refractivity contribution < 1.29 is 9.90 Å². The number of rotatable bonds is 7. The Hall–Kier alpha value is -0.570. The van der Waals surface area contributed by atoms with Gasteiger partial charge in [-0.15, -0.1) is 0 Å². The van der Waals surface area contributed by atoms with Gasteiger partial charge in [0.1, 0.15) is 0 Å². The largest absolute Gasteiger partial charge is 0.481 e. The SMILES string of the molecule is CC(CNCC(C)(C)C1CCCCC1)CC(=O)O. The summed E-state index contributed by atoms with van der Waals surface area (Å²) in [5.41, 5.74) is 0.337. The Morgan fingerprint density at radius 2 is 1.94 bits per heavy atom. The second-order valence-corrected chi connectivity index (χ2v) is 6.66. The normalized spacial score (nSPS) is 19.7. The molecule has 2 N–H and O–H groups in total. The molecule has 3 nitrogen and oxygen atoms in total. The van der Waals surface area contributed by atoms with Crippen LogP contribution in [0.2, 0.25) is 0 Å². The van der Waals surface area contributed by atoms with Gasteiger partial charge in [-0.25, -0.2) is 0 Å². The fourth-order valence-electron chi connectivity index (χ4n) is 3.04. The first-order valence-corrected chi connectivity index (χ1v) is 7.34. The summed E-state index contributed by atoms with van der Waals surface area (Å²) in [5.74, 6) is 0.342. The minimum Gasteiger partial charge on any atom is -0.481 e. The van der Waals surface area contributed by atoms with E-state index in [9.17, 15) is 4.79 Å². The smallest absolute Gasteiger partial charge is 0.303 e. The van der Waals surface area contributed by atoms with Crippen molar-refractivity contribution in [3.8, 4) is 0 Å². The summed E-state index contributed by atoms with van der Waals surface area (Å²) < 4.78 is 0. The monoisotopic (exact) mass is 255 g/mol. The molecule has 3 heteroatoms. The molecule has 1 saturated carbocycles. The van der Waals surface area contributed by atoms with E-state index >= 15 is 0 Å². The molecule has 0 amide bonds. The van der Waals surface area contributed by atoms with E-state index < -0.39 is 5.97 Å². The molecule has 1 aliphatic carbocycles. The van der Waals surface area contributed by atoms with Crippen molar-refractivity contribution in [3.05, 3.63) is 0 Å². The molecule has 1 rings (SSSR count). The molecule has 18 heavy (non-hydrogen) atoms. The third-order valence-corrected chi connectivity index (χ3v) is 4.31. The molecule has 0 radical (unpaired) electrons. The van der Waals surface area contributed by atoms with Crippen LogP contribution in [0.1, 0.15) is 59.3 Å². The second-order valence-electron chi connectivity index (χ2n) is 6.66. The number of hydrogen-bond acceptors (Lipinski definition) is 2. The van der Waals surface area contributed by atoms with Gasteiger partial charge in [0.05, 0.1) is 0 Å². The van der Waals surface area contributed by atoms with Crippen molar-refractivity contribution in [1.29, 1.82) is 0 Å². The van der Waals surface area contributed by atoms with Gasteiger partial charge in [0.15, 0.2) is 0 Å². The molecule has 0 aromatic rings. The Morgan fingerprint density at radius 1 is 1.33 bits per heavy atom. The molecule has 0 bridgehead atoms. The van der Waals surface area contributed by atoms with Crippen LogP contribution >= 0.6 is 0 Å². The third-order valence-electron chi connectivity index (χ3n) is 4.31. The van der Waals surface area contributed by atoms with E-state index in [-0.39, 0.29) is 12.3 Å². The van der Waals surface area contributed by atoms with Crippen LogP contribution < -0.4 is 5.32 Å². The molecule has 1 unspecified atom stereocenters. The van der Waals surface area contributed by atoms with Crippen molar-refractivity contribution in [2.45, 2.75) is 59.3 Å². The van der Waals surface area contributed by atoms with Crippen LogP contribution in [0, 0.1) is 17.3 Å². The first kappa shape index (κ1) is 15.5. The number of aliphatic carboxylic acids is 1. The van der Waals surface area contributed by atoms with Crippen molar-refractivity contribution >= 4 is 5.97 Å². The molecule has 0 aliphatic heterocycles. The maximum Gasteiger partial charge on any atom is 0.303 e. The van der Waals surface area contributed by atoms with Gasteiger partial charge in [-0.05, 0) is 36.6 Å². The highest BCUT2D eigenvalue weighted by Gasteiger charge is 2.30. The van der Waals surface area contributed by atoms with E-state index in [0.29, 0.717) is 5.41 Å². The average molecular weight is 255 g/mol. The Bertz CT molecular complexity index is 257. The lowest BCUT2D eigenvalue weighted by Gasteiger charge is -2.37. The van der Waals surface area contributed by atoms with Crippen LogP contribution in [0.25, 0.3) is 0 Å². The third kappa shape index (κ3) is 5.38. The molecule has 0 aromatic heterocycles. The Balaban J connectivity index is 2.25. The summed E-state index contributed by atoms with van der Waals surface area (Å²) >= 11 is 0. The molecule has 1 atom stereocenters. The summed E-state index contributed by atoms with van der Waals surface area (Å²) in [6, 6.07) is 0. The lowest BCUT2D eigenvalue weighted by Crippen LogP contribution is -2.38. The fourth-order valence-corrected chi connectivity index (χ4v) is 3.04. The van der Waals surface area contributed by atoms with Gasteiger partial charge in [0.25, 0.3) is 0 Å². The highest BCUT2D eigenvalue weighted by atomic mass is 16.4. The molecule has 0 aromatic carbocycles. The van der Waals surface area contributed by atoms with Gasteiger partial charge in [-0.3, -0.25) is 4.79 Å². The van der Waals surface area contributed by atoms with Crippen LogP contribution in [-0.4, -0.2) is 24.2 Å². The lowest BCUT2D eigenvalue weighted by molar-refractivity contribution is -0.137. The lowest BCUT2D eigenvalue weighted by atomic mass is 9.71. The van der Waals surface area contributed by atoms with E-state index in [1.54, 1.807) is 0 Å². The topological polar surface area (TPSA) is 49.3 Å². The van der Waals surface area contributed by atoms with Crippen LogP contribution in [0.5, 0.6) is 0 Å². The summed E-state index contributed by atoms with van der Waals surface area (Å²) in [6.45, 7) is 8.49. The van der Waals surface area contributed by atoms with Crippen LogP contribution in [0.15, 0.2) is 0 Å². The maximum atomic E-state index is 10.6.